The van der Waals surface area contributed by atoms with Gasteiger partial charge in [-0.25, -0.2) is 4.79 Å². The zero-order valence-electron chi connectivity index (χ0n) is 15.8. The Morgan fingerprint density at radius 2 is 1.70 bits per heavy atom. The summed E-state index contributed by atoms with van der Waals surface area (Å²) in [5.74, 6) is 0. The number of aliphatic hydroxyl groups is 1. The molecule has 2 unspecified atom stereocenters. The second kappa shape index (κ2) is 7.35. The molecule has 0 saturated carbocycles. The number of carbonyl (C=O) groups is 1. The fourth-order valence-electron chi connectivity index (χ4n) is 4.82. The third-order valence-corrected chi connectivity index (χ3v) is 6.08. The van der Waals surface area contributed by atoms with Crippen molar-refractivity contribution in [1.82, 2.24) is 4.90 Å². The summed E-state index contributed by atoms with van der Waals surface area (Å²) in [5.41, 5.74) is 2.36. The first-order valence-electron chi connectivity index (χ1n) is 9.90. The fraction of sp³-hybridized carbons (Fsp3) is 0.435. The van der Waals surface area contributed by atoms with Gasteiger partial charge in [-0.05, 0) is 36.0 Å². The molecule has 2 fully saturated rings. The minimum atomic E-state index is -0.853. The van der Waals surface area contributed by atoms with Gasteiger partial charge in [0.2, 0.25) is 0 Å². The monoisotopic (exact) mass is 365 g/mol. The van der Waals surface area contributed by atoms with Crippen LogP contribution in [0.1, 0.15) is 49.3 Å². The SMILES string of the molecule is CCc1ccccc1C1(O)CC2CCC(C1)N2C(=O)OCc1ccccc1. The second-order valence-electron chi connectivity index (χ2n) is 7.78. The van der Waals surface area contributed by atoms with Crippen LogP contribution in [0.4, 0.5) is 4.79 Å². The minimum Gasteiger partial charge on any atom is -0.445 e. The smallest absolute Gasteiger partial charge is 0.410 e. The maximum absolute atomic E-state index is 12.7. The van der Waals surface area contributed by atoms with Crippen LogP contribution < -0.4 is 0 Å². The third-order valence-electron chi connectivity index (χ3n) is 6.08. The fourth-order valence-corrected chi connectivity index (χ4v) is 4.82. The molecule has 0 aliphatic carbocycles. The highest BCUT2D eigenvalue weighted by Crippen LogP contribution is 2.46. The lowest BCUT2D eigenvalue weighted by atomic mass is 9.78. The number of benzene rings is 2. The highest BCUT2D eigenvalue weighted by atomic mass is 16.6. The Kier molecular flexibility index (Phi) is 4.92. The van der Waals surface area contributed by atoms with Crippen molar-refractivity contribution in [3.63, 3.8) is 0 Å². The van der Waals surface area contributed by atoms with Crippen molar-refractivity contribution in [2.24, 2.45) is 0 Å². The van der Waals surface area contributed by atoms with Crippen LogP contribution in [0.5, 0.6) is 0 Å². The van der Waals surface area contributed by atoms with Crippen molar-refractivity contribution < 1.29 is 14.6 Å². The summed E-state index contributed by atoms with van der Waals surface area (Å²) < 4.78 is 5.57. The molecule has 2 aromatic rings. The number of hydrogen-bond donors (Lipinski definition) is 1. The van der Waals surface area contributed by atoms with E-state index in [1.54, 1.807) is 0 Å². The van der Waals surface area contributed by atoms with E-state index in [9.17, 15) is 9.90 Å². The van der Waals surface area contributed by atoms with Crippen molar-refractivity contribution >= 4 is 6.09 Å². The molecule has 0 radical (unpaired) electrons. The first-order valence-corrected chi connectivity index (χ1v) is 9.90. The number of carbonyl (C=O) groups excluding carboxylic acids is 1. The van der Waals surface area contributed by atoms with Gasteiger partial charge in [-0.1, -0.05) is 61.5 Å². The molecule has 142 valence electrons. The number of aryl methyl sites for hydroxylation is 1. The molecule has 2 saturated heterocycles. The molecule has 2 aliphatic heterocycles. The predicted octanol–water partition coefficient (Wildman–Crippen LogP) is 4.40. The maximum Gasteiger partial charge on any atom is 0.410 e. The van der Waals surface area contributed by atoms with E-state index in [0.29, 0.717) is 19.4 Å². The first kappa shape index (κ1) is 18.1. The number of hydrogen-bond acceptors (Lipinski definition) is 3. The molecule has 4 rings (SSSR count). The summed E-state index contributed by atoms with van der Waals surface area (Å²) in [5, 5.41) is 11.5. The largest absolute Gasteiger partial charge is 0.445 e. The van der Waals surface area contributed by atoms with Gasteiger partial charge in [0, 0.05) is 24.9 Å². The van der Waals surface area contributed by atoms with Crippen molar-refractivity contribution in [2.75, 3.05) is 0 Å². The van der Waals surface area contributed by atoms with Crippen LogP contribution in [0, 0.1) is 0 Å². The number of nitrogens with zero attached hydrogens (tertiary/aromatic N) is 1. The van der Waals surface area contributed by atoms with Crippen LogP contribution in [-0.2, 0) is 23.4 Å². The number of rotatable bonds is 4. The lowest BCUT2D eigenvalue weighted by molar-refractivity contribution is -0.0541. The molecule has 4 nitrogen and oxygen atoms in total. The Bertz CT molecular complexity index is 790. The molecule has 2 bridgehead atoms. The molecule has 2 aliphatic rings. The van der Waals surface area contributed by atoms with Crippen LogP contribution in [0.2, 0.25) is 0 Å². The van der Waals surface area contributed by atoms with Gasteiger partial charge in [0.25, 0.3) is 0 Å². The number of ether oxygens (including phenoxy) is 1. The third kappa shape index (κ3) is 3.46. The Hall–Kier alpha value is -2.33. The zero-order chi connectivity index (χ0) is 18.9. The normalized spacial score (nSPS) is 26.8. The van der Waals surface area contributed by atoms with Gasteiger partial charge >= 0.3 is 6.09 Å². The van der Waals surface area contributed by atoms with E-state index in [0.717, 1.165) is 30.4 Å². The lowest BCUT2D eigenvalue weighted by Gasteiger charge is -2.44. The van der Waals surface area contributed by atoms with Gasteiger partial charge in [0.05, 0.1) is 5.60 Å². The molecule has 2 heterocycles. The van der Waals surface area contributed by atoms with Gasteiger partial charge in [0.1, 0.15) is 6.61 Å². The molecular weight excluding hydrogens is 338 g/mol. The van der Waals surface area contributed by atoms with Crippen molar-refractivity contribution in [3.8, 4) is 0 Å². The average Bonchev–Trinajstić information content (AvgIpc) is 2.99. The first-order chi connectivity index (χ1) is 13.1. The number of amides is 1. The lowest BCUT2D eigenvalue weighted by Crippen LogP contribution is -2.52. The molecule has 1 amide bonds. The van der Waals surface area contributed by atoms with Gasteiger partial charge in [-0.2, -0.15) is 0 Å². The van der Waals surface area contributed by atoms with Crippen LogP contribution in [-0.4, -0.2) is 28.2 Å². The molecular formula is C23H27NO3. The highest BCUT2D eigenvalue weighted by molar-refractivity contribution is 5.69. The Balaban J connectivity index is 1.48. The quantitative estimate of drug-likeness (QED) is 0.874. The van der Waals surface area contributed by atoms with Crippen LogP contribution in [0.3, 0.4) is 0 Å². The molecule has 0 aromatic heterocycles. The summed E-state index contributed by atoms with van der Waals surface area (Å²) in [6.07, 6.45) is 3.68. The van der Waals surface area contributed by atoms with Gasteiger partial charge in [-0.3, -0.25) is 0 Å². The topological polar surface area (TPSA) is 49.8 Å². The zero-order valence-corrected chi connectivity index (χ0v) is 15.8. The van der Waals surface area contributed by atoms with E-state index in [4.69, 9.17) is 4.74 Å². The van der Waals surface area contributed by atoms with E-state index in [-0.39, 0.29) is 18.2 Å². The summed E-state index contributed by atoms with van der Waals surface area (Å²) in [6.45, 7) is 2.41. The Morgan fingerprint density at radius 1 is 1.07 bits per heavy atom. The minimum absolute atomic E-state index is 0.0435. The molecule has 2 aromatic carbocycles. The highest BCUT2D eigenvalue weighted by Gasteiger charge is 2.51. The van der Waals surface area contributed by atoms with Crippen molar-refractivity contribution in [1.29, 1.82) is 0 Å². The number of fused-ring (bicyclic) bond motifs is 2. The molecule has 27 heavy (non-hydrogen) atoms. The van der Waals surface area contributed by atoms with Gasteiger partial charge in [-0.15, -0.1) is 0 Å². The summed E-state index contributed by atoms with van der Waals surface area (Å²) in [4.78, 5) is 14.6. The van der Waals surface area contributed by atoms with Crippen LogP contribution in [0.25, 0.3) is 0 Å². The van der Waals surface area contributed by atoms with Crippen LogP contribution in [0.15, 0.2) is 54.6 Å². The average molecular weight is 365 g/mol. The maximum atomic E-state index is 12.7. The summed E-state index contributed by atoms with van der Waals surface area (Å²) in [6, 6.07) is 18.0. The molecule has 1 N–H and O–H groups in total. The molecule has 4 heteroatoms. The van der Waals surface area contributed by atoms with Crippen molar-refractivity contribution in [2.45, 2.75) is 63.3 Å². The van der Waals surface area contributed by atoms with Gasteiger partial charge < -0.3 is 14.7 Å². The van der Waals surface area contributed by atoms with Gasteiger partial charge in [0.15, 0.2) is 0 Å². The molecule has 2 atom stereocenters. The Labute approximate surface area is 160 Å². The summed E-state index contributed by atoms with van der Waals surface area (Å²) in [7, 11) is 0. The predicted molar refractivity (Wildman–Crippen MR) is 104 cm³/mol. The van der Waals surface area contributed by atoms with E-state index in [1.807, 2.05) is 53.4 Å². The molecule has 0 spiro atoms. The summed E-state index contributed by atoms with van der Waals surface area (Å²) >= 11 is 0. The van der Waals surface area contributed by atoms with Crippen molar-refractivity contribution in [3.05, 3.63) is 71.3 Å². The standard InChI is InChI=1S/C23H27NO3/c1-2-18-10-6-7-11-21(18)23(26)14-19-12-13-20(15-23)24(19)22(25)27-16-17-8-4-3-5-9-17/h3-11,19-20,26H,2,12-16H2,1H3. The van der Waals surface area contributed by atoms with E-state index in [1.165, 1.54) is 5.56 Å². The second-order valence-corrected chi connectivity index (χ2v) is 7.78. The van der Waals surface area contributed by atoms with Crippen LogP contribution >= 0.6 is 0 Å². The Morgan fingerprint density at radius 3 is 2.37 bits per heavy atom. The van der Waals surface area contributed by atoms with E-state index < -0.39 is 5.60 Å². The van der Waals surface area contributed by atoms with E-state index in [2.05, 4.69) is 13.0 Å². The number of piperidine rings is 1. The van der Waals surface area contributed by atoms with E-state index >= 15 is 0 Å².